The maximum Gasteiger partial charge on any atom is 0.291 e. The van der Waals surface area contributed by atoms with Gasteiger partial charge in [-0.3, -0.25) is 4.79 Å². The highest BCUT2D eigenvalue weighted by Gasteiger charge is 2.26. The zero-order valence-corrected chi connectivity index (χ0v) is 12.3. The van der Waals surface area contributed by atoms with Crippen molar-refractivity contribution in [2.24, 2.45) is 0 Å². The Morgan fingerprint density at radius 3 is 2.86 bits per heavy atom. The van der Waals surface area contributed by atoms with Gasteiger partial charge in [0.05, 0.1) is 5.69 Å². The third-order valence-corrected chi connectivity index (χ3v) is 3.67. The van der Waals surface area contributed by atoms with E-state index < -0.39 is 0 Å². The molecule has 1 aliphatic heterocycles. The first kappa shape index (κ1) is 13.8. The third kappa shape index (κ3) is 2.83. The van der Waals surface area contributed by atoms with Crippen LogP contribution in [0.25, 0.3) is 11.5 Å². The summed E-state index contributed by atoms with van der Waals surface area (Å²) in [4.78, 5) is 18.8. The molecule has 2 aromatic rings. The molecule has 1 aromatic heterocycles. The van der Waals surface area contributed by atoms with Crippen LogP contribution in [0.1, 0.15) is 23.2 Å². The summed E-state index contributed by atoms with van der Waals surface area (Å²) in [5.74, 6) is 0.776. The van der Waals surface area contributed by atoms with E-state index in [0.717, 1.165) is 12.1 Å². The molecule has 1 N–H and O–H groups in total. The maximum absolute atomic E-state index is 12.6. The van der Waals surface area contributed by atoms with Crippen molar-refractivity contribution >= 4 is 5.91 Å². The lowest BCUT2D eigenvalue weighted by Gasteiger charge is -2.31. The van der Waals surface area contributed by atoms with E-state index in [4.69, 9.17) is 4.42 Å². The van der Waals surface area contributed by atoms with Crippen LogP contribution in [0.3, 0.4) is 0 Å². The Bertz CT molecular complexity index is 636. The van der Waals surface area contributed by atoms with Crippen molar-refractivity contribution in [1.82, 2.24) is 15.2 Å². The summed E-state index contributed by atoms with van der Waals surface area (Å²) in [5.41, 5.74) is 1.53. The van der Waals surface area contributed by atoms with Gasteiger partial charge in [0.15, 0.2) is 0 Å². The van der Waals surface area contributed by atoms with Gasteiger partial charge in [-0.1, -0.05) is 18.2 Å². The molecule has 1 atom stereocenters. The fraction of sp³-hybridized carbons (Fsp3) is 0.375. The van der Waals surface area contributed by atoms with E-state index >= 15 is 0 Å². The number of aromatic nitrogens is 1. The molecule has 21 heavy (non-hydrogen) atoms. The predicted octanol–water partition coefficient (Wildman–Crippen LogP) is 2.08. The van der Waals surface area contributed by atoms with Gasteiger partial charge in [-0.05, 0) is 26.0 Å². The lowest BCUT2D eigenvalue weighted by atomic mass is 10.2. The molecule has 1 aliphatic rings. The van der Waals surface area contributed by atoms with E-state index in [1.807, 2.05) is 42.2 Å². The molecule has 3 rings (SSSR count). The van der Waals surface area contributed by atoms with E-state index in [1.54, 1.807) is 0 Å². The molecule has 0 unspecified atom stereocenters. The van der Waals surface area contributed by atoms with E-state index in [-0.39, 0.29) is 5.91 Å². The number of rotatable bonds is 2. The SMILES string of the molecule is Cc1nc(-c2ccccc2)oc1C(=O)N1CCN[C@H](C)C1. The Labute approximate surface area is 124 Å². The average Bonchev–Trinajstić information content (AvgIpc) is 2.89. The molecule has 0 bridgehead atoms. The number of carbonyl (C=O) groups excluding carboxylic acids is 1. The molecular weight excluding hydrogens is 266 g/mol. The van der Waals surface area contributed by atoms with Crippen molar-refractivity contribution in [3.8, 4) is 11.5 Å². The van der Waals surface area contributed by atoms with Crippen LogP contribution in [-0.4, -0.2) is 41.5 Å². The summed E-state index contributed by atoms with van der Waals surface area (Å²) in [6, 6.07) is 9.94. The van der Waals surface area contributed by atoms with E-state index in [0.29, 0.717) is 36.5 Å². The van der Waals surface area contributed by atoms with Crippen LogP contribution in [0.4, 0.5) is 0 Å². The van der Waals surface area contributed by atoms with E-state index in [1.165, 1.54) is 0 Å². The fourth-order valence-corrected chi connectivity index (χ4v) is 2.56. The molecule has 1 amide bonds. The molecule has 5 nitrogen and oxygen atoms in total. The lowest BCUT2D eigenvalue weighted by molar-refractivity contribution is 0.0677. The Morgan fingerprint density at radius 1 is 1.38 bits per heavy atom. The summed E-state index contributed by atoms with van der Waals surface area (Å²) < 4.78 is 5.73. The Hall–Kier alpha value is -2.14. The molecule has 1 aromatic carbocycles. The topological polar surface area (TPSA) is 58.4 Å². The number of benzene rings is 1. The van der Waals surface area contributed by atoms with Gasteiger partial charge in [0.25, 0.3) is 5.91 Å². The van der Waals surface area contributed by atoms with Gasteiger partial charge in [-0.25, -0.2) is 4.98 Å². The summed E-state index contributed by atoms with van der Waals surface area (Å²) in [7, 11) is 0. The predicted molar refractivity (Wildman–Crippen MR) is 80.0 cm³/mol. The quantitative estimate of drug-likeness (QED) is 0.918. The first-order valence-corrected chi connectivity index (χ1v) is 7.20. The van der Waals surface area contributed by atoms with Crippen LogP contribution in [0, 0.1) is 6.92 Å². The normalized spacial score (nSPS) is 18.8. The molecule has 1 saturated heterocycles. The second-order valence-electron chi connectivity index (χ2n) is 5.41. The average molecular weight is 285 g/mol. The number of aryl methyl sites for hydroxylation is 1. The van der Waals surface area contributed by atoms with Gasteiger partial charge in [0.2, 0.25) is 11.7 Å². The van der Waals surface area contributed by atoms with Gasteiger partial charge in [-0.2, -0.15) is 0 Å². The van der Waals surface area contributed by atoms with Gasteiger partial charge in [-0.15, -0.1) is 0 Å². The lowest BCUT2D eigenvalue weighted by Crippen LogP contribution is -2.51. The molecule has 110 valence electrons. The molecule has 2 heterocycles. The number of carbonyl (C=O) groups is 1. The summed E-state index contributed by atoms with van der Waals surface area (Å²) >= 11 is 0. The number of hydrogen-bond donors (Lipinski definition) is 1. The minimum Gasteiger partial charge on any atom is -0.431 e. The second kappa shape index (κ2) is 5.69. The summed E-state index contributed by atoms with van der Waals surface area (Å²) in [6.45, 7) is 6.09. The standard InChI is InChI=1S/C16H19N3O2/c1-11-10-19(9-8-17-11)16(20)14-12(2)18-15(21-14)13-6-4-3-5-7-13/h3-7,11,17H,8-10H2,1-2H3/t11-/m1/s1. The number of nitrogens with one attached hydrogen (secondary N) is 1. The molecule has 0 saturated carbocycles. The number of amides is 1. The number of piperazine rings is 1. The van der Waals surface area contributed by atoms with Crippen LogP contribution in [-0.2, 0) is 0 Å². The largest absolute Gasteiger partial charge is 0.431 e. The Morgan fingerprint density at radius 2 is 2.14 bits per heavy atom. The van der Waals surface area contributed by atoms with Gasteiger partial charge >= 0.3 is 0 Å². The van der Waals surface area contributed by atoms with Gasteiger partial charge in [0, 0.05) is 31.2 Å². The zero-order chi connectivity index (χ0) is 14.8. The smallest absolute Gasteiger partial charge is 0.291 e. The summed E-state index contributed by atoms with van der Waals surface area (Å²) in [5, 5.41) is 3.32. The number of oxazole rings is 1. The summed E-state index contributed by atoms with van der Waals surface area (Å²) in [6.07, 6.45) is 0. The minimum atomic E-state index is -0.0736. The van der Waals surface area contributed by atoms with E-state index in [9.17, 15) is 4.79 Å². The van der Waals surface area contributed by atoms with Crippen LogP contribution in [0.2, 0.25) is 0 Å². The monoisotopic (exact) mass is 285 g/mol. The highest BCUT2D eigenvalue weighted by atomic mass is 16.4. The molecule has 5 heteroatoms. The molecule has 0 spiro atoms. The molecular formula is C16H19N3O2. The van der Waals surface area contributed by atoms with Crippen molar-refractivity contribution in [3.05, 3.63) is 41.8 Å². The fourth-order valence-electron chi connectivity index (χ4n) is 2.56. The number of nitrogens with zero attached hydrogens (tertiary/aromatic N) is 2. The van der Waals surface area contributed by atoms with Crippen LogP contribution in [0.15, 0.2) is 34.7 Å². The van der Waals surface area contributed by atoms with Crippen molar-refractivity contribution < 1.29 is 9.21 Å². The van der Waals surface area contributed by atoms with Crippen molar-refractivity contribution in [1.29, 1.82) is 0 Å². The van der Waals surface area contributed by atoms with Crippen LogP contribution >= 0.6 is 0 Å². The molecule has 1 fully saturated rings. The minimum absolute atomic E-state index is 0.0736. The second-order valence-corrected chi connectivity index (χ2v) is 5.41. The van der Waals surface area contributed by atoms with Crippen molar-refractivity contribution in [2.75, 3.05) is 19.6 Å². The number of hydrogen-bond acceptors (Lipinski definition) is 4. The highest BCUT2D eigenvalue weighted by Crippen LogP contribution is 2.22. The van der Waals surface area contributed by atoms with Crippen molar-refractivity contribution in [3.63, 3.8) is 0 Å². The van der Waals surface area contributed by atoms with Crippen LogP contribution in [0.5, 0.6) is 0 Å². The Balaban J connectivity index is 1.86. The third-order valence-electron chi connectivity index (χ3n) is 3.67. The van der Waals surface area contributed by atoms with Crippen molar-refractivity contribution in [2.45, 2.75) is 19.9 Å². The molecule has 0 aliphatic carbocycles. The molecule has 0 radical (unpaired) electrons. The van der Waals surface area contributed by atoms with Crippen LogP contribution < -0.4 is 5.32 Å². The van der Waals surface area contributed by atoms with Gasteiger partial charge < -0.3 is 14.6 Å². The van der Waals surface area contributed by atoms with E-state index in [2.05, 4.69) is 17.2 Å². The Kier molecular flexibility index (Phi) is 3.75. The highest BCUT2D eigenvalue weighted by molar-refractivity contribution is 5.93. The first-order chi connectivity index (χ1) is 10.1. The maximum atomic E-state index is 12.6. The zero-order valence-electron chi connectivity index (χ0n) is 12.3. The van der Waals surface area contributed by atoms with Gasteiger partial charge in [0.1, 0.15) is 0 Å². The first-order valence-electron chi connectivity index (χ1n) is 7.20.